The van der Waals surface area contributed by atoms with Crippen molar-refractivity contribution in [2.24, 2.45) is 5.92 Å². The molecule has 0 saturated carbocycles. The van der Waals surface area contributed by atoms with Crippen LogP contribution in [-0.4, -0.2) is 24.7 Å². The van der Waals surface area contributed by atoms with Crippen LogP contribution in [0.1, 0.15) is 12.8 Å². The van der Waals surface area contributed by atoms with Crippen molar-refractivity contribution in [3.63, 3.8) is 0 Å². The van der Waals surface area contributed by atoms with Gasteiger partial charge in [0, 0.05) is 6.54 Å². The first-order chi connectivity index (χ1) is 9.79. The second-order valence-corrected chi connectivity index (χ2v) is 4.86. The maximum Gasteiger partial charge on any atom is 0.393 e. The minimum Gasteiger partial charge on any atom is -0.320 e. The number of carbonyl (C=O) groups excluding carboxylic acids is 1. The summed E-state index contributed by atoms with van der Waals surface area (Å²) in [6.07, 6.45) is -4.56. The molecule has 0 aromatic heterocycles. The molecule has 1 aromatic carbocycles. The van der Waals surface area contributed by atoms with Gasteiger partial charge < -0.3 is 10.6 Å². The predicted octanol–water partition coefficient (Wildman–Crippen LogP) is 2.83. The van der Waals surface area contributed by atoms with Crippen LogP contribution >= 0.6 is 0 Å². The summed E-state index contributed by atoms with van der Waals surface area (Å²) in [5.41, 5.74) is -0.595. The van der Waals surface area contributed by atoms with Crippen molar-refractivity contribution in [3.05, 3.63) is 29.8 Å². The zero-order valence-corrected chi connectivity index (χ0v) is 10.8. The number of benzene rings is 1. The van der Waals surface area contributed by atoms with Gasteiger partial charge in [0.2, 0.25) is 5.91 Å². The molecule has 0 aliphatic carbocycles. The summed E-state index contributed by atoms with van der Waals surface area (Å²) in [7, 11) is 0. The number of piperidine rings is 1. The second-order valence-electron chi connectivity index (χ2n) is 4.86. The molecule has 2 rings (SSSR count). The molecule has 1 fully saturated rings. The van der Waals surface area contributed by atoms with Crippen LogP contribution < -0.4 is 10.6 Å². The van der Waals surface area contributed by atoms with E-state index in [0.29, 0.717) is 0 Å². The fourth-order valence-corrected chi connectivity index (χ4v) is 2.19. The molecule has 0 radical (unpaired) electrons. The summed E-state index contributed by atoms with van der Waals surface area (Å²) in [6, 6.07) is 2.20. The highest BCUT2D eigenvalue weighted by atomic mass is 19.4. The quantitative estimate of drug-likeness (QED) is 0.825. The Morgan fingerprint density at radius 1 is 1.19 bits per heavy atom. The second kappa shape index (κ2) is 5.97. The van der Waals surface area contributed by atoms with Gasteiger partial charge >= 0.3 is 6.18 Å². The standard InChI is InChI=1S/C13H13F5N2O/c14-8-2-1-3-9(15)11(8)20-12(21)10-5-4-7(6-19-10)13(16,17)18/h1-3,7,10,19H,4-6H2,(H,20,21). The summed E-state index contributed by atoms with van der Waals surface area (Å²) in [6.45, 7) is -0.388. The van der Waals surface area contributed by atoms with E-state index in [1.165, 1.54) is 0 Å². The molecule has 1 aliphatic heterocycles. The van der Waals surface area contributed by atoms with Gasteiger partial charge in [-0.25, -0.2) is 8.78 Å². The highest BCUT2D eigenvalue weighted by molar-refractivity contribution is 5.95. The Bertz CT molecular complexity index is 504. The number of anilines is 1. The van der Waals surface area contributed by atoms with Crippen molar-refractivity contribution in [3.8, 4) is 0 Å². The number of amides is 1. The van der Waals surface area contributed by atoms with Gasteiger partial charge in [-0.1, -0.05) is 6.07 Å². The van der Waals surface area contributed by atoms with E-state index in [2.05, 4.69) is 10.6 Å². The molecule has 1 heterocycles. The first kappa shape index (κ1) is 15.7. The first-order valence-electron chi connectivity index (χ1n) is 6.34. The van der Waals surface area contributed by atoms with Gasteiger partial charge in [0.1, 0.15) is 17.3 Å². The molecule has 21 heavy (non-hydrogen) atoms. The molecule has 2 unspecified atom stereocenters. The van der Waals surface area contributed by atoms with E-state index >= 15 is 0 Å². The van der Waals surface area contributed by atoms with Crippen molar-refractivity contribution in [1.82, 2.24) is 5.32 Å². The fraction of sp³-hybridized carbons (Fsp3) is 0.462. The van der Waals surface area contributed by atoms with Crippen LogP contribution in [0.15, 0.2) is 18.2 Å². The van der Waals surface area contributed by atoms with Crippen LogP contribution in [0.25, 0.3) is 0 Å². The molecule has 1 saturated heterocycles. The van der Waals surface area contributed by atoms with Crippen molar-refractivity contribution in [2.45, 2.75) is 25.1 Å². The molecule has 1 aliphatic rings. The number of hydrogen-bond donors (Lipinski definition) is 2. The van der Waals surface area contributed by atoms with Gasteiger partial charge in [-0.15, -0.1) is 0 Å². The van der Waals surface area contributed by atoms with Crippen LogP contribution in [0.5, 0.6) is 0 Å². The maximum atomic E-state index is 13.4. The largest absolute Gasteiger partial charge is 0.393 e. The molecule has 8 heteroatoms. The Balaban J connectivity index is 1.97. The van der Waals surface area contributed by atoms with E-state index in [4.69, 9.17) is 0 Å². The molecule has 1 aromatic rings. The lowest BCUT2D eigenvalue weighted by Gasteiger charge is -2.30. The van der Waals surface area contributed by atoms with E-state index < -0.39 is 41.4 Å². The molecular weight excluding hydrogens is 295 g/mol. The van der Waals surface area contributed by atoms with Crippen LogP contribution in [0, 0.1) is 17.6 Å². The van der Waals surface area contributed by atoms with Crippen molar-refractivity contribution in [1.29, 1.82) is 0 Å². The zero-order chi connectivity index (χ0) is 15.6. The number of carbonyl (C=O) groups is 1. The molecule has 0 bridgehead atoms. The van der Waals surface area contributed by atoms with E-state index in [9.17, 15) is 26.7 Å². The number of halogens is 5. The smallest absolute Gasteiger partial charge is 0.320 e. The lowest BCUT2D eigenvalue weighted by molar-refractivity contribution is -0.180. The minimum absolute atomic E-state index is 0.0495. The molecule has 3 nitrogen and oxygen atoms in total. The van der Waals surface area contributed by atoms with Gasteiger partial charge in [0.15, 0.2) is 0 Å². The minimum atomic E-state index is -4.31. The van der Waals surface area contributed by atoms with Gasteiger partial charge in [-0.2, -0.15) is 13.2 Å². The third-order valence-electron chi connectivity index (χ3n) is 3.40. The van der Waals surface area contributed by atoms with Crippen molar-refractivity contribution >= 4 is 11.6 Å². The topological polar surface area (TPSA) is 41.1 Å². The van der Waals surface area contributed by atoms with Gasteiger partial charge in [-0.3, -0.25) is 4.79 Å². The van der Waals surface area contributed by atoms with Crippen molar-refractivity contribution in [2.75, 3.05) is 11.9 Å². The van der Waals surface area contributed by atoms with Gasteiger partial charge in [-0.05, 0) is 25.0 Å². The number of nitrogens with one attached hydrogen (secondary N) is 2. The normalized spacial score (nSPS) is 22.9. The van der Waals surface area contributed by atoms with Crippen LogP contribution in [-0.2, 0) is 4.79 Å². The van der Waals surface area contributed by atoms with E-state index in [-0.39, 0.29) is 19.4 Å². The Labute approximate surface area is 117 Å². The van der Waals surface area contributed by atoms with Gasteiger partial charge in [0.25, 0.3) is 0 Å². The summed E-state index contributed by atoms with van der Waals surface area (Å²) in [5, 5.41) is 4.53. The van der Waals surface area contributed by atoms with E-state index in [1.54, 1.807) is 0 Å². The summed E-state index contributed by atoms with van der Waals surface area (Å²) in [4.78, 5) is 11.8. The van der Waals surface area contributed by atoms with E-state index in [1.807, 2.05) is 0 Å². The Morgan fingerprint density at radius 3 is 2.29 bits per heavy atom. The maximum absolute atomic E-state index is 13.4. The summed E-state index contributed by atoms with van der Waals surface area (Å²) < 4.78 is 64.2. The fourth-order valence-electron chi connectivity index (χ4n) is 2.19. The molecule has 116 valence electrons. The zero-order valence-electron chi connectivity index (χ0n) is 10.8. The highest BCUT2D eigenvalue weighted by Crippen LogP contribution is 2.32. The lowest BCUT2D eigenvalue weighted by atomic mass is 9.94. The lowest BCUT2D eigenvalue weighted by Crippen LogP contribution is -2.49. The number of rotatable bonds is 2. The number of hydrogen-bond acceptors (Lipinski definition) is 2. The molecule has 1 amide bonds. The third-order valence-corrected chi connectivity index (χ3v) is 3.40. The Kier molecular flexibility index (Phi) is 4.46. The average Bonchev–Trinajstić information content (AvgIpc) is 2.42. The number of alkyl halides is 3. The van der Waals surface area contributed by atoms with E-state index in [0.717, 1.165) is 18.2 Å². The Morgan fingerprint density at radius 2 is 1.81 bits per heavy atom. The van der Waals surface area contributed by atoms with Crippen LogP contribution in [0.4, 0.5) is 27.6 Å². The monoisotopic (exact) mass is 308 g/mol. The van der Waals surface area contributed by atoms with Crippen LogP contribution in [0.2, 0.25) is 0 Å². The summed E-state index contributed by atoms with van der Waals surface area (Å²) in [5.74, 6) is -4.13. The first-order valence-corrected chi connectivity index (χ1v) is 6.34. The Hall–Kier alpha value is -1.70. The molecular formula is C13H13F5N2O. The molecule has 0 spiro atoms. The third kappa shape index (κ3) is 3.69. The number of para-hydroxylation sites is 1. The average molecular weight is 308 g/mol. The van der Waals surface area contributed by atoms with Crippen LogP contribution in [0.3, 0.4) is 0 Å². The SMILES string of the molecule is O=C(Nc1c(F)cccc1F)C1CCC(C(F)(F)F)CN1. The van der Waals surface area contributed by atoms with Gasteiger partial charge in [0.05, 0.1) is 12.0 Å². The highest BCUT2D eigenvalue weighted by Gasteiger charge is 2.42. The van der Waals surface area contributed by atoms with Crippen molar-refractivity contribution < 1.29 is 26.7 Å². The molecule has 2 N–H and O–H groups in total. The molecule has 2 atom stereocenters. The predicted molar refractivity (Wildman–Crippen MR) is 65.6 cm³/mol. The summed E-state index contributed by atoms with van der Waals surface area (Å²) >= 11 is 0.